The predicted molar refractivity (Wildman–Crippen MR) is 195 cm³/mol. The van der Waals surface area contributed by atoms with E-state index in [9.17, 15) is 58.5 Å². The van der Waals surface area contributed by atoms with Crippen molar-refractivity contribution in [2.75, 3.05) is 6.61 Å². The van der Waals surface area contributed by atoms with Crippen molar-refractivity contribution in [1.29, 1.82) is 0 Å². The van der Waals surface area contributed by atoms with Crippen LogP contribution in [0.2, 0.25) is 0 Å². The monoisotopic (exact) mass is 927 g/mol. The van der Waals surface area contributed by atoms with E-state index in [1.807, 2.05) is 0 Å². The van der Waals surface area contributed by atoms with Crippen LogP contribution in [0.5, 0.6) is 0 Å². The zero-order valence-electron chi connectivity index (χ0n) is 33.7. The third kappa shape index (κ3) is 12.2. The van der Waals surface area contributed by atoms with Crippen molar-refractivity contribution >= 4 is 70.2 Å². The number of aliphatic hydroxyl groups is 2. The van der Waals surface area contributed by atoms with E-state index in [0.717, 1.165) is 41.5 Å². The first-order valence-electron chi connectivity index (χ1n) is 18.5. The maximum absolute atomic E-state index is 12.8. The highest BCUT2D eigenvalue weighted by atomic mass is 79.9. The molecule has 0 bridgehead atoms. The van der Waals surface area contributed by atoms with Crippen LogP contribution in [0.25, 0.3) is 0 Å². The van der Waals surface area contributed by atoms with Gasteiger partial charge in [-0.1, -0.05) is 15.9 Å². The van der Waals surface area contributed by atoms with Crippen LogP contribution >= 0.6 is 15.9 Å². The lowest BCUT2D eigenvalue weighted by Crippen LogP contribution is -2.76. The Labute approximate surface area is 351 Å². The molecular formula is C36H50BrNO22. The summed E-state index contributed by atoms with van der Waals surface area (Å²) in [5, 5.41) is 34.6. The van der Waals surface area contributed by atoms with E-state index >= 15 is 0 Å². The molecule has 0 unspecified atom stereocenters. The zero-order valence-corrected chi connectivity index (χ0v) is 35.3. The van der Waals surface area contributed by atoms with Gasteiger partial charge < -0.3 is 77.6 Å². The fourth-order valence-corrected chi connectivity index (χ4v) is 8.06. The SMILES string of the molecule is CC(=O)N[C@H]1[C@@H](O[C@@]2(CC=O)[C@H](Br)O[C@H](CCC(=O)O)[C@@](O)(CC=O)[C@@H]2O[C@@H]2O[C@@H](C)[C@@H](OC(C)=O)[C@@H](OC(C)=O)[C@@H]2OC(C)=O)O[C@H](COC(C)=O)[C@@H](OC(C)=O)[C@@H]1O. The molecule has 0 aromatic rings. The minimum absolute atomic E-state index is 0.222. The smallest absolute Gasteiger partial charge is 0.303 e. The van der Waals surface area contributed by atoms with E-state index in [1.165, 1.54) is 6.92 Å². The van der Waals surface area contributed by atoms with E-state index in [2.05, 4.69) is 21.2 Å². The van der Waals surface area contributed by atoms with E-state index in [4.69, 9.17) is 47.4 Å². The number of hydrogen-bond donors (Lipinski definition) is 4. The van der Waals surface area contributed by atoms with Gasteiger partial charge in [0.2, 0.25) is 5.91 Å². The number of carbonyl (C=O) groups is 9. The van der Waals surface area contributed by atoms with Crippen molar-refractivity contribution in [2.45, 2.75) is 164 Å². The van der Waals surface area contributed by atoms with Gasteiger partial charge in [-0.2, -0.15) is 0 Å². The van der Waals surface area contributed by atoms with Crippen molar-refractivity contribution in [3.8, 4) is 0 Å². The van der Waals surface area contributed by atoms with Gasteiger partial charge in [-0.15, -0.1) is 0 Å². The maximum atomic E-state index is 12.8. The number of aliphatic carboxylic acids is 1. The molecule has 0 aromatic carbocycles. The van der Waals surface area contributed by atoms with E-state index in [-0.39, 0.29) is 12.6 Å². The average molecular weight is 929 g/mol. The first-order chi connectivity index (χ1) is 28.0. The highest BCUT2D eigenvalue weighted by molar-refractivity contribution is 9.09. The lowest BCUT2D eigenvalue weighted by Gasteiger charge is -2.58. The number of alkyl halides is 1. The van der Waals surface area contributed by atoms with Crippen molar-refractivity contribution in [2.24, 2.45) is 0 Å². The summed E-state index contributed by atoms with van der Waals surface area (Å²) in [6.07, 6.45) is -21.5. The number of amides is 1. The molecule has 3 heterocycles. The van der Waals surface area contributed by atoms with Gasteiger partial charge in [-0.05, 0) is 13.3 Å². The highest BCUT2D eigenvalue weighted by Gasteiger charge is 2.67. The second-order valence-corrected chi connectivity index (χ2v) is 15.1. The van der Waals surface area contributed by atoms with Gasteiger partial charge in [-0.25, -0.2) is 0 Å². The van der Waals surface area contributed by atoms with E-state index < -0.39 is 164 Å². The lowest BCUT2D eigenvalue weighted by molar-refractivity contribution is -0.394. The second-order valence-electron chi connectivity index (χ2n) is 14.3. The van der Waals surface area contributed by atoms with Gasteiger partial charge in [0.05, 0.1) is 12.2 Å². The Morgan fingerprint density at radius 2 is 1.30 bits per heavy atom. The minimum atomic E-state index is -2.71. The van der Waals surface area contributed by atoms with Crippen LogP contribution in [0.4, 0.5) is 0 Å². The summed E-state index contributed by atoms with van der Waals surface area (Å²) in [7, 11) is 0. The van der Waals surface area contributed by atoms with Crippen molar-refractivity contribution in [3.05, 3.63) is 0 Å². The number of carboxylic acids is 1. The van der Waals surface area contributed by atoms with Crippen molar-refractivity contribution in [1.82, 2.24) is 5.32 Å². The number of nitrogens with one attached hydrogen (secondary N) is 1. The fourth-order valence-electron chi connectivity index (χ4n) is 7.27. The largest absolute Gasteiger partial charge is 0.481 e. The van der Waals surface area contributed by atoms with Gasteiger partial charge in [0.15, 0.2) is 37.0 Å². The Balaban J connectivity index is 2.35. The number of rotatable bonds is 18. The lowest BCUT2D eigenvalue weighted by atomic mass is 9.73. The molecule has 0 aromatic heterocycles. The van der Waals surface area contributed by atoms with Crippen LogP contribution in [-0.4, -0.2) is 166 Å². The average Bonchev–Trinajstić information content (AvgIpc) is 3.12. The summed E-state index contributed by atoms with van der Waals surface area (Å²) in [6.45, 7) is 6.82. The Kier molecular flexibility index (Phi) is 18.0. The molecule has 0 aliphatic carbocycles. The third-order valence-electron chi connectivity index (χ3n) is 9.59. The first kappa shape index (κ1) is 50.2. The molecule has 3 aliphatic heterocycles. The molecule has 3 rings (SSSR count). The molecule has 3 fully saturated rings. The van der Waals surface area contributed by atoms with Crippen molar-refractivity contribution in [3.63, 3.8) is 0 Å². The van der Waals surface area contributed by atoms with Crippen LogP contribution in [0.1, 0.15) is 74.1 Å². The van der Waals surface area contributed by atoms with Crippen molar-refractivity contribution < 1.29 is 106 Å². The van der Waals surface area contributed by atoms with Crippen LogP contribution in [0.15, 0.2) is 0 Å². The van der Waals surface area contributed by atoms with Gasteiger partial charge in [-0.3, -0.25) is 33.6 Å². The molecule has 0 radical (unpaired) electrons. The number of aldehydes is 2. The number of hydrogen-bond acceptors (Lipinski definition) is 21. The van der Waals surface area contributed by atoms with Crippen LogP contribution < -0.4 is 5.32 Å². The molecule has 60 heavy (non-hydrogen) atoms. The molecule has 3 saturated heterocycles. The molecular weight excluding hydrogens is 878 g/mol. The molecule has 1 amide bonds. The number of ether oxygens (including phenoxy) is 10. The predicted octanol–water partition coefficient (Wildman–Crippen LogP) is -1.35. The number of carboxylic acid groups (broad SMARTS) is 1. The Morgan fingerprint density at radius 1 is 0.750 bits per heavy atom. The van der Waals surface area contributed by atoms with Gasteiger partial charge in [0, 0.05) is 60.8 Å². The summed E-state index contributed by atoms with van der Waals surface area (Å²) in [5.41, 5.74) is -5.23. The molecule has 338 valence electrons. The Bertz CT molecular complexity index is 1610. The number of aliphatic hydroxyl groups excluding tert-OH is 1. The normalized spacial score (nSPS) is 36.4. The van der Waals surface area contributed by atoms with Crippen LogP contribution in [-0.2, 0) is 90.5 Å². The van der Waals surface area contributed by atoms with E-state index in [0.29, 0.717) is 0 Å². The van der Waals surface area contributed by atoms with Crippen LogP contribution in [0, 0.1) is 0 Å². The second kappa shape index (κ2) is 21.6. The molecule has 3 aliphatic rings. The minimum Gasteiger partial charge on any atom is -0.481 e. The van der Waals surface area contributed by atoms with Gasteiger partial charge in [0.1, 0.15) is 59.7 Å². The fraction of sp³-hybridized carbons (Fsp3) is 0.750. The van der Waals surface area contributed by atoms with E-state index in [1.54, 1.807) is 0 Å². The topological polar surface area (TPSA) is 319 Å². The summed E-state index contributed by atoms with van der Waals surface area (Å²) in [6, 6.07) is -1.70. The van der Waals surface area contributed by atoms with Crippen LogP contribution in [0.3, 0.4) is 0 Å². The Morgan fingerprint density at radius 3 is 1.82 bits per heavy atom. The summed E-state index contributed by atoms with van der Waals surface area (Å²) < 4.78 is 57.9. The van der Waals surface area contributed by atoms with Gasteiger partial charge >= 0.3 is 35.8 Å². The Hall–Kier alpha value is -4.17. The number of halogens is 1. The molecule has 0 saturated carbocycles. The molecule has 23 nitrogen and oxygen atoms in total. The third-order valence-corrected chi connectivity index (χ3v) is 10.6. The molecule has 15 atom stereocenters. The first-order valence-corrected chi connectivity index (χ1v) is 19.4. The number of esters is 5. The van der Waals surface area contributed by atoms with Gasteiger partial charge in [0.25, 0.3) is 0 Å². The standard InChI is InChI=1S/C36H50BrNO22/c1-15-27(53-18(4)43)29(55-20(6)45)30(56-21(7)46)32(52-15)59-33-35(50,10-12-39)23(8-9-24(47)48)58-34(37)36(33,11-13-40)60-31-25(38-16(2)41)26(49)28(54-19(5)44)22(57-31)14-51-17(3)42/h12-13,15,22-23,25-34,49-50H,8-11,14H2,1-7H3,(H,38,41)(H,47,48)/t15-,22+,23+,25+,26+,27+,28+,29+,30-,31+,32-,33-,34+,35-,36+/m0/s1. The zero-order chi connectivity index (χ0) is 45.3. The molecule has 0 spiro atoms. The highest BCUT2D eigenvalue weighted by Crippen LogP contribution is 2.49. The summed E-state index contributed by atoms with van der Waals surface area (Å²) in [5.74, 6) is -6.67. The maximum Gasteiger partial charge on any atom is 0.303 e. The molecule has 24 heteroatoms. The summed E-state index contributed by atoms with van der Waals surface area (Å²) >= 11 is 3.31. The summed E-state index contributed by atoms with van der Waals surface area (Å²) in [4.78, 5) is 111. The quantitative estimate of drug-likeness (QED) is 0.0534. The molecule has 4 N–H and O–H groups in total. The number of carbonyl (C=O) groups excluding carboxylic acids is 8.